The molecule has 1 aliphatic rings. The standard InChI is InChI=1S/C12H17BrN2O.ClH/c13-12-6-10(3-5-15-12)8-16-9-11-2-1-4-14-7-11;/h3,5-6,11,14H,1-2,4,7-9H2;1H. The Morgan fingerprint density at radius 1 is 1.53 bits per heavy atom. The lowest BCUT2D eigenvalue weighted by Gasteiger charge is -2.22. The van der Waals surface area contributed by atoms with E-state index in [9.17, 15) is 0 Å². The Balaban J connectivity index is 0.00000144. The summed E-state index contributed by atoms with van der Waals surface area (Å²) in [5.74, 6) is 0.680. The third-order valence-corrected chi connectivity index (χ3v) is 3.25. The molecule has 1 unspecified atom stereocenters. The van der Waals surface area contributed by atoms with Gasteiger partial charge in [-0.25, -0.2) is 4.98 Å². The van der Waals surface area contributed by atoms with E-state index in [2.05, 4.69) is 26.2 Å². The largest absolute Gasteiger partial charge is 0.376 e. The Morgan fingerprint density at radius 2 is 2.41 bits per heavy atom. The fourth-order valence-corrected chi connectivity index (χ4v) is 2.35. The topological polar surface area (TPSA) is 34.1 Å². The van der Waals surface area contributed by atoms with Gasteiger partial charge in [-0.3, -0.25) is 0 Å². The molecule has 2 rings (SSSR count). The predicted molar refractivity (Wildman–Crippen MR) is 74.4 cm³/mol. The van der Waals surface area contributed by atoms with E-state index in [1.807, 2.05) is 12.1 Å². The first-order valence-corrected chi connectivity index (χ1v) is 6.53. The van der Waals surface area contributed by atoms with Crippen LogP contribution < -0.4 is 5.32 Å². The van der Waals surface area contributed by atoms with Crippen molar-refractivity contribution in [3.05, 3.63) is 28.5 Å². The van der Waals surface area contributed by atoms with Gasteiger partial charge in [-0.2, -0.15) is 0 Å². The number of nitrogens with one attached hydrogen (secondary N) is 1. The third kappa shape index (κ3) is 5.34. The molecule has 0 saturated carbocycles. The molecule has 17 heavy (non-hydrogen) atoms. The number of halogens is 2. The predicted octanol–water partition coefficient (Wildman–Crippen LogP) is 2.78. The SMILES string of the molecule is Brc1cc(COCC2CCCNC2)ccn1.Cl. The van der Waals surface area contributed by atoms with Crippen molar-refractivity contribution in [2.75, 3.05) is 19.7 Å². The average molecular weight is 322 g/mol. The quantitative estimate of drug-likeness (QED) is 0.866. The fourth-order valence-electron chi connectivity index (χ4n) is 1.94. The van der Waals surface area contributed by atoms with E-state index in [4.69, 9.17) is 4.74 Å². The summed E-state index contributed by atoms with van der Waals surface area (Å²) >= 11 is 3.35. The molecule has 1 atom stereocenters. The lowest BCUT2D eigenvalue weighted by molar-refractivity contribution is 0.0782. The van der Waals surface area contributed by atoms with Crippen LogP contribution in [0.3, 0.4) is 0 Å². The molecular formula is C12H18BrClN2O. The molecule has 1 fully saturated rings. The molecule has 3 nitrogen and oxygen atoms in total. The summed E-state index contributed by atoms with van der Waals surface area (Å²) in [5, 5.41) is 3.40. The lowest BCUT2D eigenvalue weighted by atomic mass is 10.0. The molecule has 1 N–H and O–H groups in total. The molecule has 0 aromatic carbocycles. The molecule has 1 saturated heterocycles. The van der Waals surface area contributed by atoms with Crippen molar-refractivity contribution in [1.82, 2.24) is 10.3 Å². The maximum Gasteiger partial charge on any atom is 0.106 e. The van der Waals surface area contributed by atoms with Crippen molar-refractivity contribution in [3.8, 4) is 0 Å². The Bertz CT molecular complexity index is 332. The smallest absolute Gasteiger partial charge is 0.106 e. The van der Waals surface area contributed by atoms with Gasteiger partial charge >= 0.3 is 0 Å². The van der Waals surface area contributed by atoms with Crippen LogP contribution in [0, 0.1) is 5.92 Å². The minimum absolute atomic E-state index is 0. The number of aromatic nitrogens is 1. The minimum atomic E-state index is 0. The molecule has 2 heterocycles. The van der Waals surface area contributed by atoms with Gasteiger partial charge < -0.3 is 10.1 Å². The maximum atomic E-state index is 5.73. The zero-order valence-corrected chi connectivity index (χ0v) is 12.1. The van der Waals surface area contributed by atoms with E-state index in [1.54, 1.807) is 6.20 Å². The van der Waals surface area contributed by atoms with Crippen molar-refractivity contribution in [2.24, 2.45) is 5.92 Å². The van der Waals surface area contributed by atoms with Gasteiger partial charge in [-0.1, -0.05) is 0 Å². The van der Waals surface area contributed by atoms with Crippen LogP contribution in [0.25, 0.3) is 0 Å². The molecule has 0 spiro atoms. The van der Waals surface area contributed by atoms with Gasteiger partial charge in [0.1, 0.15) is 4.60 Å². The van der Waals surface area contributed by atoms with E-state index in [-0.39, 0.29) is 12.4 Å². The van der Waals surface area contributed by atoms with Crippen molar-refractivity contribution < 1.29 is 4.74 Å². The first-order valence-electron chi connectivity index (χ1n) is 5.73. The summed E-state index contributed by atoms with van der Waals surface area (Å²) in [7, 11) is 0. The van der Waals surface area contributed by atoms with Crippen molar-refractivity contribution in [2.45, 2.75) is 19.4 Å². The molecule has 0 amide bonds. The highest BCUT2D eigenvalue weighted by Gasteiger charge is 2.12. The zero-order valence-electron chi connectivity index (χ0n) is 9.69. The first kappa shape index (κ1) is 14.9. The summed E-state index contributed by atoms with van der Waals surface area (Å²) in [6.07, 6.45) is 4.35. The summed E-state index contributed by atoms with van der Waals surface area (Å²) in [6.45, 7) is 3.79. The highest BCUT2D eigenvalue weighted by atomic mass is 79.9. The summed E-state index contributed by atoms with van der Waals surface area (Å²) in [4.78, 5) is 4.09. The van der Waals surface area contributed by atoms with Crippen LogP contribution >= 0.6 is 28.3 Å². The van der Waals surface area contributed by atoms with Crippen LogP contribution in [-0.4, -0.2) is 24.7 Å². The molecule has 0 aliphatic carbocycles. The normalized spacial score (nSPS) is 19.7. The van der Waals surface area contributed by atoms with Crippen LogP contribution in [0.4, 0.5) is 0 Å². The Labute approximate surface area is 117 Å². The highest BCUT2D eigenvalue weighted by Crippen LogP contribution is 2.12. The monoisotopic (exact) mass is 320 g/mol. The van der Waals surface area contributed by atoms with Crippen LogP contribution in [0.15, 0.2) is 22.9 Å². The summed E-state index contributed by atoms with van der Waals surface area (Å²) in [5.41, 5.74) is 1.17. The number of rotatable bonds is 4. The van der Waals surface area contributed by atoms with Crippen LogP contribution in [-0.2, 0) is 11.3 Å². The number of ether oxygens (including phenoxy) is 1. The van der Waals surface area contributed by atoms with Crippen molar-refractivity contribution >= 4 is 28.3 Å². The van der Waals surface area contributed by atoms with Crippen LogP contribution in [0.5, 0.6) is 0 Å². The second kappa shape index (κ2) is 8.03. The van der Waals surface area contributed by atoms with Gasteiger partial charge in [0.2, 0.25) is 0 Å². The zero-order chi connectivity index (χ0) is 11.2. The number of hydrogen-bond acceptors (Lipinski definition) is 3. The van der Waals surface area contributed by atoms with E-state index in [0.717, 1.165) is 24.3 Å². The highest BCUT2D eigenvalue weighted by molar-refractivity contribution is 9.10. The number of nitrogens with zero attached hydrogens (tertiary/aromatic N) is 1. The summed E-state index contributed by atoms with van der Waals surface area (Å²) < 4.78 is 6.59. The molecule has 0 bridgehead atoms. The first-order chi connectivity index (χ1) is 7.84. The van der Waals surface area contributed by atoms with Gasteiger partial charge in [0.05, 0.1) is 13.2 Å². The van der Waals surface area contributed by atoms with Gasteiger partial charge in [-0.05, 0) is 58.9 Å². The van der Waals surface area contributed by atoms with Gasteiger partial charge in [0, 0.05) is 12.7 Å². The molecule has 0 radical (unpaired) electrons. The van der Waals surface area contributed by atoms with E-state index >= 15 is 0 Å². The minimum Gasteiger partial charge on any atom is -0.376 e. The van der Waals surface area contributed by atoms with Crippen LogP contribution in [0.2, 0.25) is 0 Å². The molecule has 5 heteroatoms. The number of piperidine rings is 1. The van der Waals surface area contributed by atoms with Crippen molar-refractivity contribution in [1.29, 1.82) is 0 Å². The third-order valence-electron chi connectivity index (χ3n) is 2.81. The van der Waals surface area contributed by atoms with E-state index in [1.165, 1.54) is 18.4 Å². The van der Waals surface area contributed by atoms with Gasteiger partial charge in [-0.15, -0.1) is 12.4 Å². The molecule has 1 aromatic rings. The van der Waals surface area contributed by atoms with Crippen molar-refractivity contribution in [3.63, 3.8) is 0 Å². The number of hydrogen-bond donors (Lipinski definition) is 1. The number of pyridine rings is 1. The van der Waals surface area contributed by atoms with Crippen LogP contribution in [0.1, 0.15) is 18.4 Å². The molecule has 1 aromatic heterocycles. The second-order valence-corrected chi connectivity index (χ2v) is 5.03. The molecule has 1 aliphatic heterocycles. The molecular weight excluding hydrogens is 304 g/mol. The summed E-state index contributed by atoms with van der Waals surface area (Å²) in [6, 6.07) is 3.99. The van der Waals surface area contributed by atoms with Gasteiger partial charge in [0.15, 0.2) is 0 Å². The molecule has 96 valence electrons. The Hall–Kier alpha value is -0.160. The Morgan fingerprint density at radius 3 is 3.12 bits per heavy atom. The van der Waals surface area contributed by atoms with E-state index in [0.29, 0.717) is 12.5 Å². The Kier molecular flexibility index (Phi) is 7.04. The van der Waals surface area contributed by atoms with Gasteiger partial charge in [0.25, 0.3) is 0 Å². The average Bonchev–Trinajstić information content (AvgIpc) is 2.30. The second-order valence-electron chi connectivity index (χ2n) is 4.21. The fraction of sp³-hybridized carbons (Fsp3) is 0.583. The lowest BCUT2D eigenvalue weighted by Crippen LogP contribution is -2.32. The maximum absolute atomic E-state index is 5.73. The van der Waals surface area contributed by atoms with E-state index < -0.39 is 0 Å².